The summed E-state index contributed by atoms with van der Waals surface area (Å²) >= 11 is 0. The van der Waals surface area contributed by atoms with Gasteiger partial charge in [0, 0.05) is 17.5 Å². The Morgan fingerprint density at radius 3 is 2.08 bits per heavy atom. The standard InChI is InChI=1S/C21H36N2O/c1-3-4-5-6-7-8-9-20(24)23-22-16(2)21-13-17-10-18(14-21)12-19(11-17)15-21/h17-19H,3-15H2,1-2H3,(H,23,24). The monoisotopic (exact) mass is 332 g/mol. The third-order valence-corrected chi connectivity index (χ3v) is 6.91. The Labute approximate surface area is 148 Å². The van der Waals surface area contributed by atoms with Crippen molar-refractivity contribution in [2.75, 3.05) is 0 Å². The number of hydrogen-bond donors (Lipinski definition) is 1. The normalized spacial score (nSPS) is 34.6. The van der Waals surface area contributed by atoms with Gasteiger partial charge in [-0.15, -0.1) is 0 Å². The van der Waals surface area contributed by atoms with E-state index in [1.807, 2.05) is 0 Å². The molecule has 4 saturated carbocycles. The first-order valence-electron chi connectivity index (χ1n) is 10.4. The predicted molar refractivity (Wildman–Crippen MR) is 99.8 cm³/mol. The van der Waals surface area contributed by atoms with Crippen LogP contribution in [-0.4, -0.2) is 11.6 Å². The van der Waals surface area contributed by atoms with Gasteiger partial charge in [-0.3, -0.25) is 4.79 Å². The van der Waals surface area contributed by atoms with Gasteiger partial charge in [0.15, 0.2) is 0 Å². The summed E-state index contributed by atoms with van der Waals surface area (Å²) in [5, 5.41) is 4.56. The molecule has 0 unspecified atom stereocenters. The molecule has 4 aliphatic rings. The molecule has 0 aromatic rings. The molecule has 0 aromatic heterocycles. The summed E-state index contributed by atoms with van der Waals surface area (Å²) in [4.78, 5) is 12.0. The van der Waals surface area contributed by atoms with Crippen LogP contribution in [0.3, 0.4) is 0 Å². The first-order valence-corrected chi connectivity index (χ1v) is 10.4. The topological polar surface area (TPSA) is 41.5 Å². The average Bonchev–Trinajstić information content (AvgIpc) is 2.54. The molecule has 1 amide bonds. The SMILES string of the molecule is CCCCCCCCC(=O)NN=C(C)C12CC3CC(CC(C3)C1)C2. The van der Waals surface area contributed by atoms with Crippen molar-refractivity contribution in [3.63, 3.8) is 0 Å². The minimum Gasteiger partial charge on any atom is -0.273 e. The molecule has 0 spiro atoms. The lowest BCUT2D eigenvalue weighted by molar-refractivity contribution is -0.121. The maximum atomic E-state index is 12.0. The van der Waals surface area contributed by atoms with Gasteiger partial charge in [-0.25, -0.2) is 5.43 Å². The van der Waals surface area contributed by atoms with E-state index in [1.165, 1.54) is 76.3 Å². The summed E-state index contributed by atoms with van der Waals surface area (Å²) in [5.74, 6) is 2.90. The highest BCUT2D eigenvalue weighted by Crippen LogP contribution is 2.60. The largest absolute Gasteiger partial charge is 0.273 e. The smallest absolute Gasteiger partial charge is 0.240 e. The summed E-state index contributed by atoms with van der Waals surface area (Å²) in [5.41, 5.74) is 4.39. The number of carbonyl (C=O) groups is 1. The van der Waals surface area contributed by atoms with Crippen molar-refractivity contribution in [2.45, 2.75) is 97.3 Å². The van der Waals surface area contributed by atoms with E-state index in [4.69, 9.17) is 0 Å². The zero-order chi connectivity index (χ0) is 17.0. The first kappa shape index (κ1) is 17.9. The molecule has 4 aliphatic carbocycles. The summed E-state index contributed by atoms with van der Waals surface area (Å²) < 4.78 is 0. The third kappa shape index (κ3) is 4.21. The van der Waals surface area contributed by atoms with Gasteiger partial charge >= 0.3 is 0 Å². The van der Waals surface area contributed by atoms with Gasteiger partial charge in [-0.05, 0) is 69.6 Å². The zero-order valence-electron chi connectivity index (χ0n) is 15.8. The Kier molecular flexibility index (Phi) is 5.99. The van der Waals surface area contributed by atoms with Crippen molar-refractivity contribution in [3.05, 3.63) is 0 Å². The van der Waals surface area contributed by atoms with E-state index in [2.05, 4.69) is 24.4 Å². The summed E-state index contributed by atoms with van der Waals surface area (Å²) in [6, 6.07) is 0. The van der Waals surface area contributed by atoms with E-state index in [0.29, 0.717) is 11.8 Å². The molecule has 0 aromatic carbocycles. The third-order valence-electron chi connectivity index (χ3n) is 6.91. The minimum atomic E-state index is 0.106. The second-order valence-electron chi connectivity index (χ2n) is 8.95. The predicted octanol–water partition coefficient (Wildman–Crippen LogP) is 5.45. The number of amides is 1. The average molecular weight is 333 g/mol. The second-order valence-corrected chi connectivity index (χ2v) is 8.95. The van der Waals surface area contributed by atoms with Crippen LogP contribution in [0.25, 0.3) is 0 Å². The number of hydrazone groups is 1. The molecular formula is C21H36N2O. The van der Waals surface area contributed by atoms with Crippen molar-refractivity contribution >= 4 is 11.6 Å². The van der Waals surface area contributed by atoms with Crippen LogP contribution >= 0.6 is 0 Å². The summed E-state index contributed by atoms with van der Waals surface area (Å²) in [7, 11) is 0. The quantitative estimate of drug-likeness (QED) is 0.341. The van der Waals surface area contributed by atoms with Crippen molar-refractivity contribution in [1.29, 1.82) is 0 Å². The number of rotatable bonds is 9. The fourth-order valence-corrected chi connectivity index (χ4v) is 5.94. The molecule has 3 heteroatoms. The molecule has 4 rings (SSSR count). The van der Waals surface area contributed by atoms with Crippen molar-refractivity contribution in [1.82, 2.24) is 5.43 Å². The lowest BCUT2D eigenvalue weighted by Crippen LogP contribution is -2.49. The summed E-state index contributed by atoms with van der Waals surface area (Å²) in [6.07, 6.45) is 16.3. The summed E-state index contributed by atoms with van der Waals surface area (Å²) in [6.45, 7) is 4.40. The molecule has 0 aliphatic heterocycles. The number of nitrogens with one attached hydrogen (secondary N) is 1. The van der Waals surface area contributed by atoms with Crippen LogP contribution in [0, 0.1) is 23.2 Å². The van der Waals surface area contributed by atoms with Crippen molar-refractivity contribution < 1.29 is 4.79 Å². The maximum Gasteiger partial charge on any atom is 0.240 e. The molecular weight excluding hydrogens is 296 g/mol. The van der Waals surface area contributed by atoms with Crippen LogP contribution in [0.5, 0.6) is 0 Å². The Hall–Kier alpha value is -0.860. The number of hydrogen-bond acceptors (Lipinski definition) is 2. The van der Waals surface area contributed by atoms with Gasteiger partial charge in [-0.1, -0.05) is 39.0 Å². The number of carbonyl (C=O) groups excluding carboxylic acids is 1. The molecule has 0 radical (unpaired) electrons. The lowest BCUT2D eigenvalue weighted by Gasteiger charge is -2.56. The fourth-order valence-electron chi connectivity index (χ4n) is 5.94. The van der Waals surface area contributed by atoms with Crippen LogP contribution in [0.15, 0.2) is 5.10 Å². The van der Waals surface area contributed by atoms with Crippen LogP contribution in [0.4, 0.5) is 0 Å². The van der Waals surface area contributed by atoms with Gasteiger partial charge in [0.1, 0.15) is 0 Å². The van der Waals surface area contributed by atoms with Crippen molar-refractivity contribution in [3.8, 4) is 0 Å². The maximum absolute atomic E-state index is 12.0. The number of nitrogens with zero attached hydrogens (tertiary/aromatic N) is 1. The highest BCUT2D eigenvalue weighted by Gasteiger charge is 2.52. The zero-order valence-corrected chi connectivity index (χ0v) is 15.8. The van der Waals surface area contributed by atoms with Crippen LogP contribution < -0.4 is 5.43 Å². The molecule has 3 nitrogen and oxygen atoms in total. The van der Waals surface area contributed by atoms with E-state index in [1.54, 1.807) is 0 Å². The van der Waals surface area contributed by atoms with Gasteiger partial charge in [0.05, 0.1) is 0 Å². The highest BCUT2D eigenvalue weighted by atomic mass is 16.2. The van der Waals surface area contributed by atoms with E-state index in [9.17, 15) is 4.79 Å². The van der Waals surface area contributed by atoms with E-state index < -0.39 is 0 Å². The van der Waals surface area contributed by atoms with Gasteiger partial charge in [-0.2, -0.15) is 5.10 Å². The van der Waals surface area contributed by atoms with E-state index >= 15 is 0 Å². The molecule has 0 saturated heterocycles. The lowest BCUT2D eigenvalue weighted by atomic mass is 9.48. The Morgan fingerprint density at radius 2 is 1.50 bits per heavy atom. The van der Waals surface area contributed by atoms with Crippen molar-refractivity contribution in [2.24, 2.45) is 28.3 Å². The first-order chi connectivity index (χ1) is 11.6. The molecule has 136 valence electrons. The Bertz CT molecular complexity index is 433. The Morgan fingerprint density at radius 1 is 0.958 bits per heavy atom. The molecule has 4 fully saturated rings. The van der Waals surface area contributed by atoms with Crippen LogP contribution in [-0.2, 0) is 4.79 Å². The highest BCUT2D eigenvalue weighted by molar-refractivity contribution is 5.89. The molecule has 1 N–H and O–H groups in total. The molecule has 4 bridgehead atoms. The van der Waals surface area contributed by atoms with Gasteiger partial charge < -0.3 is 0 Å². The van der Waals surface area contributed by atoms with Crippen LogP contribution in [0.1, 0.15) is 97.3 Å². The fraction of sp³-hybridized carbons (Fsp3) is 0.905. The molecule has 0 heterocycles. The van der Waals surface area contributed by atoms with Gasteiger partial charge in [0.25, 0.3) is 0 Å². The van der Waals surface area contributed by atoms with E-state index in [-0.39, 0.29) is 5.91 Å². The molecule has 24 heavy (non-hydrogen) atoms. The number of unbranched alkanes of at least 4 members (excludes halogenated alkanes) is 5. The van der Waals surface area contributed by atoms with E-state index in [0.717, 1.165) is 24.2 Å². The Balaban J connectivity index is 1.42. The minimum absolute atomic E-state index is 0.106. The van der Waals surface area contributed by atoms with Crippen LogP contribution in [0.2, 0.25) is 0 Å². The second kappa shape index (κ2) is 8.01. The van der Waals surface area contributed by atoms with Gasteiger partial charge in [0.2, 0.25) is 5.91 Å². The molecule has 0 atom stereocenters.